The summed E-state index contributed by atoms with van der Waals surface area (Å²) in [6, 6.07) is 7.27. The van der Waals surface area contributed by atoms with Gasteiger partial charge in [-0.2, -0.15) is 0 Å². The Hall–Kier alpha value is -3.53. The molecule has 3 atom stereocenters. The molecule has 1 aromatic heterocycles. The summed E-state index contributed by atoms with van der Waals surface area (Å²) >= 11 is 0. The molecule has 30 heavy (non-hydrogen) atoms. The molecule has 6 N–H and O–H groups in total. The molecule has 2 unspecified atom stereocenters. The summed E-state index contributed by atoms with van der Waals surface area (Å²) in [7, 11) is 1.86. The number of anilines is 2. The van der Waals surface area contributed by atoms with E-state index in [1.165, 1.54) is 6.20 Å². The van der Waals surface area contributed by atoms with Crippen LogP contribution in [-0.4, -0.2) is 53.0 Å². The van der Waals surface area contributed by atoms with Crippen LogP contribution in [0.25, 0.3) is 0 Å². The molecule has 164 valence electrons. The Morgan fingerprint density at radius 2 is 1.97 bits per heavy atom. The summed E-state index contributed by atoms with van der Waals surface area (Å²) in [6.45, 7) is 1.89. The molecule has 0 bridgehead atoms. The maximum atomic E-state index is 11.1. The predicted molar refractivity (Wildman–Crippen MR) is 119 cm³/mol. The minimum Gasteiger partial charge on any atom is -0.481 e. The average molecular weight is 418 g/mol. The highest BCUT2D eigenvalue weighted by Gasteiger charge is 2.60. The lowest BCUT2D eigenvalue weighted by atomic mass is 10.1. The van der Waals surface area contributed by atoms with E-state index in [9.17, 15) is 4.79 Å². The number of piperidine rings is 1. The Morgan fingerprint density at radius 1 is 1.30 bits per heavy atom. The molecule has 1 aliphatic carbocycles. The fourth-order valence-electron chi connectivity index (χ4n) is 3.98. The van der Waals surface area contributed by atoms with Crippen molar-refractivity contribution in [2.75, 3.05) is 30.8 Å². The fourth-order valence-corrected chi connectivity index (χ4v) is 3.98. The summed E-state index contributed by atoms with van der Waals surface area (Å²) in [5.74, 6) is -0.764. The zero-order chi connectivity index (χ0) is 21.4. The Balaban J connectivity index is 0.00000272. The number of ether oxygens (including phenoxy) is 1. The van der Waals surface area contributed by atoms with Gasteiger partial charge in [-0.3, -0.25) is 15.6 Å². The molecule has 2 aliphatic rings. The monoisotopic (exact) mass is 417 g/mol. The molecule has 0 amide bonds. The smallest absolute Gasteiger partial charge is 0.307 e. The highest BCUT2D eigenvalue weighted by molar-refractivity contribution is 6.05. The summed E-state index contributed by atoms with van der Waals surface area (Å²) < 4.78 is 5.37. The van der Waals surface area contributed by atoms with Gasteiger partial charge in [-0.1, -0.05) is 12.1 Å². The molecule has 2 aromatic rings. The van der Waals surface area contributed by atoms with Crippen molar-refractivity contribution in [2.24, 2.45) is 17.8 Å². The second kappa shape index (κ2) is 7.71. The number of carbonyl (C=O) groups is 1. The third-order valence-electron chi connectivity index (χ3n) is 5.61. The van der Waals surface area contributed by atoms with Gasteiger partial charge in [-0.25, -0.2) is 9.97 Å². The Labute approximate surface area is 179 Å². The van der Waals surface area contributed by atoms with E-state index in [0.717, 1.165) is 5.56 Å². The minimum atomic E-state index is -0.749. The third-order valence-corrected chi connectivity index (χ3v) is 5.61. The number of aliphatic carboxylic acids is 1. The number of benzene rings is 1. The van der Waals surface area contributed by atoms with Gasteiger partial charge >= 0.3 is 5.97 Å². The first-order valence-corrected chi connectivity index (χ1v) is 9.58. The minimum absolute atomic E-state index is 0. The topological polar surface area (TPSA) is 161 Å². The molecular formula is C20H31N7O3. The second-order valence-electron chi connectivity index (χ2n) is 7.55. The second-order valence-corrected chi connectivity index (χ2v) is 7.55. The SMILES string of the molecule is CNCc1ccc(C(=N)OC(=N)c2nc(N3CC4C(C(=O)O)[C@H]4C3)cnc2N)cc1.[HH].[HH].[HH].[HH]. The van der Waals surface area contributed by atoms with Crippen LogP contribution in [0.4, 0.5) is 11.6 Å². The van der Waals surface area contributed by atoms with E-state index in [2.05, 4.69) is 15.3 Å². The number of hydrogen-bond acceptors (Lipinski definition) is 9. The van der Waals surface area contributed by atoms with E-state index >= 15 is 0 Å². The van der Waals surface area contributed by atoms with Crippen molar-refractivity contribution >= 4 is 29.4 Å². The van der Waals surface area contributed by atoms with Gasteiger partial charge in [0.25, 0.3) is 0 Å². The van der Waals surface area contributed by atoms with E-state index in [-0.39, 0.29) is 46.8 Å². The standard InChI is InChI=1S/C20H23N7O3.4H2/c1-24-6-10-2-4-11(5-3-10)18(22)30-19(23)16-17(21)25-7-14(26-16)27-8-12-13(9-27)15(12)20(28)29;;;;/h2-5,7,12-13,15,22-24H,6,8-9H2,1H3,(H2,21,25)(H,28,29);4*1H/t12-,13?,15?;;;;/m0..../s1. The van der Waals surface area contributed by atoms with Crippen LogP contribution in [-0.2, 0) is 16.1 Å². The molecule has 0 spiro atoms. The molecule has 4 rings (SSSR count). The van der Waals surface area contributed by atoms with E-state index < -0.39 is 5.97 Å². The molecule has 1 aromatic carbocycles. The Kier molecular flexibility index (Phi) is 5.08. The summed E-state index contributed by atoms with van der Waals surface area (Å²) in [4.78, 5) is 21.6. The van der Waals surface area contributed by atoms with Gasteiger partial charge in [-0.15, -0.1) is 0 Å². The van der Waals surface area contributed by atoms with Gasteiger partial charge < -0.3 is 25.8 Å². The molecule has 2 heterocycles. The molecule has 1 saturated carbocycles. The predicted octanol–water partition coefficient (Wildman–Crippen LogP) is 1.90. The number of carboxylic acid groups (broad SMARTS) is 1. The van der Waals surface area contributed by atoms with Gasteiger partial charge in [-0.05, 0) is 36.6 Å². The number of nitrogen functional groups attached to an aromatic ring is 1. The summed E-state index contributed by atoms with van der Waals surface area (Å²) in [5.41, 5.74) is 7.54. The molecule has 1 aliphatic heterocycles. The maximum absolute atomic E-state index is 11.1. The molecule has 10 nitrogen and oxygen atoms in total. The van der Waals surface area contributed by atoms with Crippen LogP contribution in [0.15, 0.2) is 30.5 Å². The van der Waals surface area contributed by atoms with Crippen LogP contribution in [0.5, 0.6) is 0 Å². The number of hydrogen-bond donors (Lipinski definition) is 5. The van der Waals surface area contributed by atoms with Crippen LogP contribution in [0.2, 0.25) is 0 Å². The summed E-state index contributed by atoms with van der Waals surface area (Å²) in [6.07, 6.45) is 1.51. The number of aromatic nitrogens is 2. The van der Waals surface area contributed by atoms with Gasteiger partial charge in [0.2, 0.25) is 11.8 Å². The fraction of sp³-hybridized carbons (Fsp3) is 0.350. The van der Waals surface area contributed by atoms with Crippen molar-refractivity contribution in [2.45, 2.75) is 6.54 Å². The van der Waals surface area contributed by atoms with E-state index in [0.29, 0.717) is 31.0 Å². The lowest BCUT2D eigenvalue weighted by Gasteiger charge is -2.20. The van der Waals surface area contributed by atoms with Gasteiger partial charge in [0, 0.05) is 30.9 Å². The molecule has 10 heteroatoms. The first-order chi connectivity index (χ1) is 14.4. The molecule has 1 saturated heterocycles. The van der Waals surface area contributed by atoms with Crippen LogP contribution in [0, 0.1) is 28.6 Å². The van der Waals surface area contributed by atoms with Crippen LogP contribution < -0.4 is 16.0 Å². The highest BCUT2D eigenvalue weighted by atomic mass is 16.5. The zero-order valence-corrected chi connectivity index (χ0v) is 16.4. The molecule has 2 fully saturated rings. The average Bonchev–Trinajstić information content (AvgIpc) is 3.24. The number of nitrogens with one attached hydrogen (secondary N) is 3. The Bertz CT molecular complexity index is 1010. The summed E-state index contributed by atoms with van der Waals surface area (Å²) in [5, 5.41) is 28.6. The van der Waals surface area contributed by atoms with Gasteiger partial charge in [0.05, 0.1) is 12.1 Å². The maximum Gasteiger partial charge on any atom is 0.307 e. The van der Waals surface area contributed by atoms with E-state index in [4.69, 9.17) is 26.4 Å². The van der Waals surface area contributed by atoms with Gasteiger partial charge in [0.15, 0.2) is 11.5 Å². The van der Waals surface area contributed by atoms with E-state index in [1.54, 1.807) is 12.1 Å². The molecule has 0 radical (unpaired) electrons. The van der Waals surface area contributed by atoms with Crippen LogP contribution in [0.1, 0.15) is 22.5 Å². The van der Waals surface area contributed by atoms with Crippen molar-refractivity contribution in [3.05, 3.63) is 47.3 Å². The number of nitrogens with two attached hydrogens (primary N) is 1. The number of nitrogens with zero attached hydrogens (tertiary/aromatic N) is 3. The molecular weight excluding hydrogens is 386 g/mol. The number of carboxylic acids is 1. The van der Waals surface area contributed by atoms with E-state index in [1.807, 2.05) is 24.1 Å². The van der Waals surface area contributed by atoms with Gasteiger partial charge in [0.1, 0.15) is 5.82 Å². The van der Waals surface area contributed by atoms with Crippen molar-refractivity contribution in [3.8, 4) is 0 Å². The highest BCUT2D eigenvalue weighted by Crippen LogP contribution is 2.52. The normalized spacial score (nSPS) is 21.8. The van der Waals surface area contributed by atoms with Crippen molar-refractivity contribution in [1.29, 1.82) is 10.8 Å². The first kappa shape index (κ1) is 19.8. The van der Waals surface area contributed by atoms with Crippen molar-refractivity contribution < 1.29 is 20.3 Å². The first-order valence-electron chi connectivity index (χ1n) is 9.58. The lowest BCUT2D eigenvalue weighted by Crippen LogP contribution is -2.28. The quantitative estimate of drug-likeness (QED) is 0.352. The number of rotatable bonds is 6. The van der Waals surface area contributed by atoms with Crippen molar-refractivity contribution in [3.63, 3.8) is 0 Å². The van der Waals surface area contributed by atoms with Crippen LogP contribution >= 0.6 is 0 Å². The van der Waals surface area contributed by atoms with Crippen molar-refractivity contribution in [1.82, 2.24) is 15.3 Å². The van der Waals surface area contributed by atoms with Crippen LogP contribution in [0.3, 0.4) is 0 Å². The third kappa shape index (κ3) is 3.69. The number of fused-ring (bicyclic) bond motifs is 1. The Morgan fingerprint density at radius 3 is 2.57 bits per heavy atom. The lowest BCUT2D eigenvalue weighted by molar-refractivity contribution is -0.139. The zero-order valence-electron chi connectivity index (χ0n) is 16.4. The largest absolute Gasteiger partial charge is 0.481 e.